The lowest BCUT2D eigenvalue weighted by atomic mass is 10.2. The number of carbonyl (C=O) groups is 1. The van der Waals surface area contributed by atoms with Crippen molar-refractivity contribution in [1.82, 2.24) is 14.6 Å². The van der Waals surface area contributed by atoms with Gasteiger partial charge in [0, 0.05) is 39.7 Å². The number of ether oxygens (including phenoxy) is 1. The lowest BCUT2D eigenvalue weighted by Gasteiger charge is -2.10. The summed E-state index contributed by atoms with van der Waals surface area (Å²) in [6.07, 6.45) is 3.39. The van der Waals surface area contributed by atoms with Crippen LogP contribution in [0.15, 0.2) is 88.5 Å². The van der Waals surface area contributed by atoms with Gasteiger partial charge in [0.25, 0.3) is 0 Å². The molecular weight excluding hydrogens is 466 g/mol. The molecule has 0 atom stereocenters. The number of hydrazone groups is 1. The monoisotopic (exact) mass is 491 g/mol. The molecule has 0 bridgehead atoms. The molecule has 1 amide bonds. The number of carbonyl (C=O) groups excluding carboxylic acids is 1. The molecule has 0 aliphatic rings. The number of nitrogens with one attached hydrogen (secondary N) is 1. The minimum atomic E-state index is -0.468. The first-order valence-electron chi connectivity index (χ1n) is 11.8. The predicted molar refractivity (Wildman–Crippen MR) is 141 cm³/mol. The summed E-state index contributed by atoms with van der Waals surface area (Å²) in [7, 11) is 0. The quantitative estimate of drug-likeness (QED) is 0.229. The number of hydrogen-bond acceptors (Lipinski definition) is 5. The number of furan rings is 1. The molecule has 1 N–H and O–H groups in total. The molecule has 37 heavy (non-hydrogen) atoms. The zero-order chi connectivity index (χ0) is 25.8. The Morgan fingerprint density at radius 1 is 1.05 bits per heavy atom. The average molecular weight is 492 g/mol. The Morgan fingerprint density at radius 2 is 1.81 bits per heavy atom. The minimum Gasteiger partial charge on any atom is -0.486 e. The van der Waals surface area contributed by atoms with E-state index in [4.69, 9.17) is 14.4 Å². The van der Waals surface area contributed by atoms with Gasteiger partial charge >= 0.3 is 5.91 Å². The van der Waals surface area contributed by atoms with E-state index in [2.05, 4.69) is 47.1 Å². The maximum atomic E-state index is 12.5. The fourth-order valence-corrected chi connectivity index (χ4v) is 4.30. The van der Waals surface area contributed by atoms with Crippen LogP contribution in [-0.4, -0.2) is 21.3 Å². The zero-order valence-electron chi connectivity index (χ0n) is 20.5. The van der Waals surface area contributed by atoms with Crippen LogP contribution < -0.4 is 10.2 Å². The molecule has 8 nitrogen and oxygen atoms in total. The number of fused-ring (bicyclic) bond motifs is 1. The van der Waals surface area contributed by atoms with Crippen molar-refractivity contribution in [3.63, 3.8) is 0 Å². The highest BCUT2D eigenvalue weighted by Crippen LogP contribution is 2.22. The van der Waals surface area contributed by atoms with Crippen molar-refractivity contribution in [2.24, 2.45) is 5.10 Å². The smallest absolute Gasteiger partial charge is 0.307 e. The Kier molecular flexibility index (Phi) is 6.60. The molecule has 0 saturated heterocycles. The van der Waals surface area contributed by atoms with Crippen LogP contribution in [0.3, 0.4) is 0 Å². The van der Waals surface area contributed by atoms with E-state index >= 15 is 0 Å². The van der Waals surface area contributed by atoms with Crippen molar-refractivity contribution >= 4 is 23.0 Å². The van der Waals surface area contributed by atoms with Gasteiger partial charge in [-0.05, 0) is 68.4 Å². The summed E-state index contributed by atoms with van der Waals surface area (Å²) in [6.45, 7) is 4.57. The number of nitriles is 1. The Morgan fingerprint density at radius 3 is 2.57 bits per heavy atom. The van der Waals surface area contributed by atoms with Crippen LogP contribution in [0.2, 0.25) is 0 Å². The molecule has 5 aromatic rings. The van der Waals surface area contributed by atoms with Gasteiger partial charge in [0.2, 0.25) is 0 Å². The number of aromatic nitrogens is 2. The molecule has 3 aromatic heterocycles. The molecule has 184 valence electrons. The average Bonchev–Trinajstić information content (AvgIpc) is 3.61. The molecular formula is C29H25N5O3. The van der Waals surface area contributed by atoms with E-state index in [0.717, 1.165) is 22.2 Å². The number of amides is 1. The first kappa shape index (κ1) is 23.7. The fraction of sp³-hybridized carbons (Fsp3) is 0.138. The van der Waals surface area contributed by atoms with Gasteiger partial charge in [-0.2, -0.15) is 10.4 Å². The SMILES string of the molecule is Cc1ccc(C)n1-c1ccc(OCc2ccc(C(=O)NN=Cc3cn(CC#N)c4ccccc34)o2)cc1. The van der Waals surface area contributed by atoms with Crippen LogP contribution in [0.25, 0.3) is 16.6 Å². The summed E-state index contributed by atoms with van der Waals surface area (Å²) >= 11 is 0. The number of rotatable bonds is 8. The summed E-state index contributed by atoms with van der Waals surface area (Å²) < 4.78 is 15.5. The molecule has 3 heterocycles. The van der Waals surface area contributed by atoms with Crippen molar-refractivity contribution in [2.45, 2.75) is 27.0 Å². The van der Waals surface area contributed by atoms with E-state index in [-0.39, 0.29) is 18.9 Å². The molecule has 2 aromatic carbocycles. The van der Waals surface area contributed by atoms with E-state index in [1.807, 2.05) is 59.3 Å². The van der Waals surface area contributed by atoms with Crippen molar-refractivity contribution < 1.29 is 13.9 Å². The van der Waals surface area contributed by atoms with E-state index < -0.39 is 5.91 Å². The lowest BCUT2D eigenvalue weighted by Crippen LogP contribution is -2.16. The van der Waals surface area contributed by atoms with Gasteiger partial charge in [0.1, 0.15) is 24.7 Å². The largest absolute Gasteiger partial charge is 0.486 e. The van der Waals surface area contributed by atoms with Crippen LogP contribution in [-0.2, 0) is 13.2 Å². The van der Waals surface area contributed by atoms with E-state index in [1.54, 1.807) is 18.3 Å². The topological polar surface area (TPSA) is 97.5 Å². The van der Waals surface area contributed by atoms with Crippen molar-refractivity contribution in [3.05, 3.63) is 107 Å². The van der Waals surface area contributed by atoms with Gasteiger partial charge < -0.3 is 18.3 Å². The molecule has 0 saturated carbocycles. The van der Waals surface area contributed by atoms with Gasteiger partial charge in [-0.1, -0.05) is 18.2 Å². The Bertz CT molecular complexity index is 1610. The summed E-state index contributed by atoms with van der Waals surface area (Å²) in [5.41, 5.74) is 7.62. The van der Waals surface area contributed by atoms with Crippen LogP contribution in [0.5, 0.6) is 5.75 Å². The Hall–Kier alpha value is -5.03. The second-order valence-electron chi connectivity index (χ2n) is 8.59. The number of hydrogen-bond donors (Lipinski definition) is 1. The maximum absolute atomic E-state index is 12.5. The molecule has 0 fully saturated rings. The van der Waals surface area contributed by atoms with Crippen LogP contribution >= 0.6 is 0 Å². The highest BCUT2D eigenvalue weighted by Gasteiger charge is 2.12. The number of benzene rings is 2. The number of nitrogens with zero attached hydrogens (tertiary/aromatic N) is 4. The predicted octanol–water partition coefficient (Wildman–Crippen LogP) is 5.51. The third-order valence-electron chi connectivity index (χ3n) is 6.06. The highest BCUT2D eigenvalue weighted by atomic mass is 16.5. The van der Waals surface area contributed by atoms with Gasteiger partial charge in [-0.3, -0.25) is 4.79 Å². The first-order chi connectivity index (χ1) is 18.0. The molecule has 5 rings (SSSR count). The summed E-state index contributed by atoms with van der Waals surface area (Å²) in [5.74, 6) is 0.894. The van der Waals surface area contributed by atoms with Crippen molar-refractivity contribution in [3.8, 4) is 17.5 Å². The van der Waals surface area contributed by atoms with Crippen LogP contribution in [0, 0.1) is 25.2 Å². The van der Waals surface area contributed by atoms with Crippen molar-refractivity contribution in [1.29, 1.82) is 5.26 Å². The second-order valence-corrected chi connectivity index (χ2v) is 8.59. The van der Waals surface area contributed by atoms with E-state index in [0.29, 0.717) is 11.5 Å². The number of aryl methyl sites for hydroxylation is 2. The third-order valence-corrected chi connectivity index (χ3v) is 6.06. The first-order valence-corrected chi connectivity index (χ1v) is 11.8. The molecule has 0 radical (unpaired) electrons. The van der Waals surface area contributed by atoms with E-state index in [1.165, 1.54) is 11.4 Å². The van der Waals surface area contributed by atoms with Gasteiger partial charge in [-0.15, -0.1) is 0 Å². The highest BCUT2D eigenvalue weighted by molar-refractivity contribution is 6.00. The molecule has 0 spiro atoms. The standard InChI is InChI=1S/C29H25N5O3/c1-20-7-8-21(2)34(20)23-9-11-24(12-10-23)36-19-25-13-14-28(37-25)29(35)32-31-17-22-18-33(16-15-30)27-6-4-3-5-26(22)27/h3-14,17-18H,16,19H2,1-2H3,(H,32,35). The molecule has 8 heteroatoms. The van der Waals surface area contributed by atoms with E-state index in [9.17, 15) is 4.79 Å². The zero-order valence-corrected chi connectivity index (χ0v) is 20.5. The van der Waals surface area contributed by atoms with Gasteiger partial charge in [-0.25, -0.2) is 5.43 Å². The molecule has 0 aliphatic carbocycles. The van der Waals surface area contributed by atoms with Gasteiger partial charge in [0.05, 0.1) is 12.3 Å². The molecule has 0 aliphatic heterocycles. The van der Waals surface area contributed by atoms with Crippen LogP contribution in [0.4, 0.5) is 0 Å². The maximum Gasteiger partial charge on any atom is 0.307 e. The Labute approximate surface area is 214 Å². The third kappa shape index (κ3) is 5.02. The lowest BCUT2D eigenvalue weighted by molar-refractivity contribution is 0.0923. The van der Waals surface area contributed by atoms with Crippen molar-refractivity contribution in [2.75, 3.05) is 0 Å². The summed E-state index contributed by atoms with van der Waals surface area (Å²) in [6, 6.07) is 25.2. The second kappa shape index (κ2) is 10.3. The van der Waals surface area contributed by atoms with Gasteiger partial charge in [0.15, 0.2) is 5.76 Å². The van der Waals surface area contributed by atoms with Crippen LogP contribution in [0.1, 0.15) is 33.3 Å². The normalized spacial score (nSPS) is 11.2. The molecule has 0 unspecified atom stereocenters. The summed E-state index contributed by atoms with van der Waals surface area (Å²) in [5, 5.41) is 14.1. The number of para-hydroxylation sites is 1. The minimum absolute atomic E-state index is 0.136. The summed E-state index contributed by atoms with van der Waals surface area (Å²) in [4.78, 5) is 12.5. The Balaban J connectivity index is 1.18. The fourth-order valence-electron chi connectivity index (χ4n) is 4.30.